The number of rotatable bonds is 16. The van der Waals surface area contributed by atoms with Crippen molar-refractivity contribution < 1.29 is 5.11 Å². The molecule has 0 aromatic carbocycles. The van der Waals surface area contributed by atoms with Crippen LogP contribution in [0.3, 0.4) is 0 Å². The topological polar surface area (TPSA) is 70.1 Å². The summed E-state index contributed by atoms with van der Waals surface area (Å²) in [5.74, 6) is 1.49. The van der Waals surface area contributed by atoms with Crippen LogP contribution in [-0.4, -0.2) is 34.8 Å². The van der Waals surface area contributed by atoms with E-state index in [-0.39, 0.29) is 6.61 Å². The van der Waals surface area contributed by atoms with E-state index in [2.05, 4.69) is 27.5 Å². The van der Waals surface area contributed by atoms with Crippen LogP contribution in [0.4, 0.5) is 11.8 Å². The van der Waals surface area contributed by atoms with E-state index in [1.807, 2.05) is 6.07 Å². The minimum absolute atomic E-state index is 0.196. The van der Waals surface area contributed by atoms with E-state index in [9.17, 15) is 0 Å². The molecular weight excluding hydrogens is 300 g/mol. The number of nitrogens with zero attached hydrogens (tertiary/aromatic N) is 2. The van der Waals surface area contributed by atoms with Gasteiger partial charge in [0.1, 0.15) is 5.82 Å². The van der Waals surface area contributed by atoms with Gasteiger partial charge in [0.2, 0.25) is 5.95 Å². The molecule has 1 heterocycles. The molecule has 1 rings (SSSR count). The highest BCUT2D eigenvalue weighted by Crippen LogP contribution is 2.11. The first-order valence-electron chi connectivity index (χ1n) is 9.78. The van der Waals surface area contributed by atoms with Crippen LogP contribution in [0.2, 0.25) is 0 Å². The zero-order valence-electron chi connectivity index (χ0n) is 15.4. The van der Waals surface area contributed by atoms with Gasteiger partial charge in [-0.05, 0) is 18.9 Å². The molecule has 0 aliphatic heterocycles. The minimum Gasteiger partial charge on any atom is -0.396 e. The van der Waals surface area contributed by atoms with Crippen molar-refractivity contribution in [2.75, 3.05) is 30.3 Å². The maximum absolute atomic E-state index is 8.78. The van der Waals surface area contributed by atoms with E-state index in [0.29, 0.717) is 5.95 Å². The molecule has 0 saturated carbocycles. The molecule has 0 unspecified atom stereocenters. The van der Waals surface area contributed by atoms with E-state index >= 15 is 0 Å². The maximum Gasteiger partial charge on any atom is 0.224 e. The summed E-state index contributed by atoms with van der Waals surface area (Å²) in [7, 11) is 0. The largest absolute Gasteiger partial charge is 0.396 e. The Hall–Kier alpha value is -1.36. The van der Waals surface area contributed by atoms with Gasteiger partial charge in [0.05, 0.1) is 0 Å². The van der Waals surface area contributed by atoms with Crippen LogP contribution in [0.25, 0.3) is 0 Å². The lowest BCUT2D eigenvalue weighted by Gasteiger charge is -2.08. The summed E-state index contributed by atoms with van der Waals surface area (Å²) < 4.78 is 0. The van der Waals surface area contributed by atoms with Gasteiger partial charge in [0, 0.05) is 25.9 Å². The predicted octanol–water partition coefficient (Wildman–Crippen LogP) is 4.60. The van der Waals surface area contributed by atoms with Gasteiger partial charge >= 0.3 is 0 Å². The highest BCUT2D eigenvalue weighted by atomic mass is 16.3. The molecule has 138 valence electrons. The van der Waals surface area contributed by atoms with Crippen molar-refractivity contribution in [2.24, 2.45) is 0 Å². The van der Waals surface area contributed by atoms with Gasteiger partial charge in [-0.3, -0.25) is 0 Å². The number of unbranched alkanes of at least 4 members (excludes halogenated alkanes) is 9. The molecule has 5 nitrogen and oxygen atoms in total. The number of anilines is 2. The summed E-state index contributed by atoms with van der Waals surface area (Å²) in [5.41, 5.74) is 0. The zero-order valence-corrected chi connectivity index (χ0v) is 15.4. The average Bonchev–Trinajstić information content (AvgIpc) is 2.60. The number of aliphatic hydroxyl groups is 1. The summed E-state index contributed by atoms with van der Waals surface area (Å²) >= 11 is 0. The summed E-state index contributed by atoms with van der Waals surface area (Å²) in [6, 6.07) is 1.85. The molecule has 0 spiro atoms. The third kappa shape index (κ3) is 11.2. The Morgan fingerprint density at radius 2 is 1.46 bits per heavy atom. The fourth-order valence-electron chi connectivity index (χ4n) is 2.65. The predicted molar refractivity (Wildman–Crippen MR) is 103 cm³/mol. The second-order valence-electron chi connectivity index (χ2n) is 6.38. The molecule has 5 heteroatoms. The standard InChI is InChI=1S/C19H36N4O/c1-2-3-4-5-6-7-8-9-10-11-14-21-19-22-16-13-18(23-19)20-15-12-17-24/h13,16,24H,2-12,14-15,17H2,1H3,(H2,20,21,22,23). The first-order valence-corrected chi connectivity index (χ1v) is 9.78. The second-order valence-corrected chi connectivity index (χ2v) is 6.38. The third-order valence-corrected chi connectivity index (χ3v) is 4.11. The molecule has 0 amide bonds. The Morgan fingerprint density at radius 3 is 2.12 bits per heavy atom. The lowest BCUT2D eigenvalue weighted by molar-refractivity contribution is 0.292. The maximum atomic E-state index is 8.78. The number of nitrogens with one attached hydrogen (secondary N) is 2. The van der Waals surface area contributed by atoms with Crippen LogP contribution in [0, 0.1) is 0 Å². The van der Waals surface area contributed by atoms with E-state index in [0.717, 1.165) is 25.3 Å². The van der Waals surface area contributed by atoms with Gasteiger partial charge in [-0.1, -0.05) is 64.7 Å². The Labute approximate surface area is 147 Å². The molecule has 0 aliphatic rings. The van der Waals surface area contributed by atoms with Gasteiger partial charge in [-0.25, -0.2) is 4.98 Å². The van der Waals surface area contributed by atoms with Gasteiger partial charge in [0.15, 0.2) is 0 Å². The first-order chi connectivity index (χ1) is 11.9. The number of aromatic nitrogens is 2. The van der Waals surface area contributed by atoms with Crippen LogP contribution in [0.5, 0.6) is 0 Å². The molecule has 0 saturated heterocycles. The smallest absolute Gasteiger partial charge is 0.224 e. The monoisotopic (exact) mass is 336 g/mol. The molecule has 0 bridgehead atoms. The van der Waals surface area contributed by atoms with Crippen LogP contribution in [-0.2, 0) is 0 Å². The molecule has 0 fully saturated rings. The van der Waals surface area contributed by atoms with E-state index in [1.165, 1.54) is 64.2 Å². The van der Waals surface area contributed by atoms with E-state index in [4.69, 9.17) is 5.11 Å². The molecule has 0 aliphatic carbocycles. The van der Waals surface area contributed by atoms with Crippen molar-refractivity contribution in [1.82, 2.24) is 9.97 Å². The van der Waals surface area contributed by atoms with Gasteiger partial charge in [-0.15, -0.1) is 0 Å². The lowest BCUT2D eigenvalue weighted by atomic mass is 10.1. The molecule has 3 N–H and O–H groups in total. The third-order valence-electron chi connectivity index (χ3n) is 4.11. The van der Waals surface area contributed by atoms with E-state index < -0.39 is 0 Å². The molecule has 0 atom stereocenters. The van der Waals surface area contributed by atoms with Crippen molar-refractivity contribution >= 4 is 11.8 Å². The molecule has 1 aromatic rings. The normalized spacial score (nSPS) is 10.8. The highest BCUT2D eigenvalue weighted by molar-refractivity contribution is 5.39. The Bertz CT molecular complexity index is 401. The summed E-state index contributed by atoms with van der Waals surface area (Å²) in [6.07, 6.45) is 16.0. The zero-order chi connectivity index (χ0) is 17.3. The summed E-state index contributed by atoms with van der Waals surface area (Å²) in [4.78, 5) is 8.65. The fourth-order valence-corrected chi connectivity index (χ4v) is 2.65. The Morgan fingerprint density at radius 1 is 0.833 bits per heavy atom. The number of aliphatic hydroxyl groups excluding tert-OH is 1. The number of hydrogen-bond donors (Lipinski definition) is 3. The Kier molecular flexibility index (Phi) is 13.1. The van der Waals surface area contributed by atoms with Crippen LogP contribution in [0.1, 0.15) is 77.6 Å². The fraction of sp³-hybridized carbons (Fsp3) is 0.789. The lowest BCUT2D eigenvalue weighted by Crippen LogP contribution is -2.09. The minimum atomic E-state index is 0.196. The quantitative estimate of drug-likeness (QED) is 0.385. The van der Waals surface area contributed by atoms with Crippen molar-refractivity contribution in [3.05, 3.63) is 12.3 Å². The SMILES string of the molecule is CCCCCCCCCCCCNc1nccc(NCCCO)n1. The first kappa shape index (κ1) is 20.7. The second kappa shape index (κ2) is 15.2. The number of hydrogen-bond acceptors (Lipinski definition) is 5. The van der Waals surface area contributed by atoms with Crippen molar-refractivity contribution in [3.63, 3.8) is 0 Å². The van der Waals surface area contributed by atoms with E-state index in [1.54, 1.807) is 6.20 Å². The average molecular weight is 337 g/mol. The summed E-state index contributed by atoms with van der Waals surface area (Å²) in [5, 5.41) is 15.2. The molecule has 0 radical (unpaired) electrons. The Balaban J connectivity index is 1.98. The van der Waals surface area contributed by atoms with Crippen LogP contribution >= 0.6 is 0 Å². The molecule has 24 heavy (non-hydrogen) atoms. The van der Waals surface area contributed by atoms with Gasteiger partial charge in [0.25, 0.3) is 0 Å². The van der Waals surface area contributed by atoms with Gasteiger partial charge in [-0.2, -0.15) is 4.98 Å². The van der Waals surface area contributed by atoms with Gasteiger partial charge < -0.3 is 15.7 Å². The van der Waals surface area contributed by atoms with Crippen LogP contribution < -0.4 is 10.6 Å². The highest BCUT2D eigenvalue weighted by Gasteiger charge is 1.98. The van der Waals surface area contributed by atoms with Crippen molar-refractivity contribution in [2.45, 2.75) is 77.6 Å². The van der Waals surface area contributed by atoms with Crippen molar-refractivity contribution in [1.29, 1.82) is 0 Å². The molecular formula is C19H36N4O. The molecule has 1 aromatic heterocycles. The summed E-state index contributed by atoms with van der Waals surface area (Å²) in [6.45, 7) is 4.12. The van der Waals surface area contributed by atoms with Crippen LogP contribution in [0.15, 0.2) is 12.3 Å². The van der Waals surface area contributed by atoms with Crippen molar-refractivity contribution in [3.8, 4) is 0 Å².